The van der Waals surface area contributed by atoms with Gasteiger partial charge in [0.1, 0.15) is 18.2 Å². The smallest absolute Gasteiger partial charge is 0.330 e. The predicted molar refractivity (Wildman–Crippen MR) is 92.5 cm³/mol. The predicted octanol–water partition coefficient (Wildman–Crippen LogP) is 5.02. The van der Waals surface area contributed by atoms with Crippen molar-refractivity contribution in [1.29, 1.82) is 0 Å². The van der Waals surface area contributed by atoms with Crippen molar-refractivity contribution in [3.8, 4) is 5.75 Å². The van der Waals surface area contributed by atoms with Crippen LogP contribution in [-0.4, -0.2) is 12.6 Å². The Balaban J connectivity index is 1.92. The second-order valence-corrected chi connectivity index (χ2v) is 5.47. The second-order valence-electron chi connectivity index (χ2n) is 5.06. The first-order valence-electron chi connectivity index (χ1n) is 7.60. The quantitative estimate of drug-likeness (QED) is 0.520. The largest absolute Gasteiger partial charge is 0.489 e. The Bertz CT molecular complexity index is 691. The van der Waals surface area contributed by atoms with E-state index in [9.17, 15) is 9.18 Å². The SMILES string of the molecule is CCCOC(=O)/C=C/c1ccc(OCc2c(F)cccc2Cl)cc1. The van der Waals surface area contributed by atoms with Gasteiger partial charge in [-0.05, 0) is 42.3 Å². The lowest BCUT2D eigenvalue weighted by Gasteiger charge is -2.09. The molecule has 3 nitrogen and oxygen atoms in total. The van der Waals surface area contributed by atoms with Crippen LogP contribution < -0.4 is 4.74 Å². The molecule has 5 heteroatoms. The molecule has 0 radical (unpaired) electrons. The summed E-state index contributed by atoms with van der Waals surface area (Å²) in [6.07, 6.45) is 3.83. The normalized spacial score (nSPS) is 10.8. The molecule has 0 aliphatic heterocycles. The minimum Gasteiger partial charge on any atom is -0.489 e. The van der Waals surface area contributed by atoms with Gasteiger partial charge in [0.2, 0.25) is 0 Å². The molecule has 0 N–H and O–H groups in total. The first-order chi connectivity index (χ1) is 11.6. The Hall–Kier alpha value is -2.33. The second kappa shape index (κ2) is 9.08. The molecule has 2 aromatic rings. The van der Waals surface area contributed by atoms with Gasteiger partial charge in [0.05, 0.1) is 11.6 Å². The van der Waals surface area contributed by atoms with Gasteiger partial charge in [0.25, 0.3) is 0 Å². The lowest BCUT2D eigenvalue weighted by atomic mass is 10.2. The fourth-order valence-electron chi connectivity index (χ4n) is 1.92. The van der Waals surface area contributed by atoms with Crippen LogP contribution >= 0.6 is 11.6 Å². The summed E-state index contributed by atoms with van der Waals surface area (Å²) in [5.41, 5.74) is 1.15. The van der Waals surface area contributed by atoms with E-state index in [0.717, 1.165) is 12.0 Å². The van der Waals surface area contributed by atoms with Crippen LogP contribution in [0.15, 0.2) is 48.5 Å². The Morgan fingerprint density at radius 1 is 1.21 bits per heavy atom. The van der Waals surface area contributed by atoms with Gasteiger partial charge in [0.15, 0.2) is 0 Å². The topological polar surface area (TPSA) is 35.5 Å². The maximum atomic E-state index is 13.7. The highest BCUT2D eigenvalue weighted by Crippen LogP contribution is 2.21. The Morgan fingerprint density at radius 3 is 2.62 bits per heavy atom. The minimum absolute atomic E-state index is 0.0457. The van der Waals surface area contributed by atoms with Crippen LogP contribution in [0, 0.1) is 5.82 Å². The average molecular weight is 349 g/mol. The zero-order chi connectivity index (χ0) is 17.4. The van der Waals surface area contributed by atoms with Crippen molar-refractivity contribution in [2.24, 2.45) is 0 Å². The number of carbonyl (C=O) groups is 1. The van der Waals surface area contributed by atoms with Crippen molar-refractivity contribution in [2.75, 3.05) is 6.61 Å². The number of carbonyl (C=O) groups excluding carboxylic acids is 1. The van der Waals surface area contributed by atoms with E-state index < -0.39 is 5.82 Å². The molecule has 24 heavy (non-hydrogen) atoms. The van der Waals surface area contributed by atoms with Crippen LogP contribution in [0.2, 0.25) is 5.02 Å². The number of esters is 1. The van der Waals surface area contributed by atoms with Crippen molar-refractivity contribution in [1.82, 2.24) is 0 Å². The molecule has 0 atom stereocenters. The van der Waals surface area contributed by atoms with Crippen LogP contribution in [0.3, 0.4) is 0 Å². The fraction of sp³-hybridized carbons (Fsp3) is 0.211. The summed E-state index contributed by atoms with van der Waals surface area (Å²) in [5.74, 6) is -0.181. The number of hydrogen-bond acceptors (Lipinski definition) is 3. The maximum Gasteiger partial charge on any atom is 0.330 e. The van der Waals surface area contributed by atoms with E-state index in [2.05, 4.69) is 0 Å². The van der Waals surface area contributed by atoms with Gasteiger partial charge in [-0.3, -0.25) is 0 Å². The molecule has 0 saturated carbocycles. The van der Waals surface area contributed by atoms with Crippen molar-refractivity contribution in [3.05, 3.63) is 70.5 Å². The molecule has 0 aliphatic carbocycles. The zero-order valence-electron chi connectivity index (χ0n) is 13.3. The van der Waals surface area contributed by atoms with E-state index in [1.165, 1.54) is 12.1 Å². The summed E-state index contributed by atoms with van der Waals surface area (Å²) in [7, 11) is 0. The lowest BCUT2D eigenvalue weighted by molar-refractivity contribution is -0.137. The van der Waals surface area contributed by atoms with Crippen molar-refractivity contribution in [3.63, 3.8) is 0 Å². The first-order valence-corrected chi connectivity index (χ1v) is 7.98. The third kappa shape index (κ3) is 5.39. The van der Waals surface area contributed by atoms with E-state index in [1.54, 1.807) is 42.5 Å². The maximum absolute atomic E-state index is 13.7. The standard InChI is InChI=1S/C19H18ClFO3/c1-2-12-23-19(22)11-8-14-6-9-15(10-7-14)24-13-16-17(20)4-3-5-18(16)21/h3-11H,2,12-13H2,1H3/b11-8+. The van der Waals surface area contributed by atoms with E-state index >= 15 is 0 Å². The van der Waals surface area contributed by atoms with Gasteiger partial charge in [0, 0.05) is 11.6 Å². The fourth-order valence-corrected chi connectivity index (χ4v) is 2.13. The molecule has 0 bridgehead atoms. The summed E-state index contributed by atoms with van der Waals surface area (Å²) >= 11 is 5.96. The average Bonchev–Trinajstić information content (AvgIpc) is 2.58. The van der Waals surface area contributed by atoms with Crippen molar-refractivity contribution in [2.45, 2.75) is 20.0 Å². The monoisotopic (exact) mass is 348 g/mol. The highest BCUT2D eigenvalue weighted by atomic mass is 35.5. The molecule has 2 rings (SSSR count). The van der Waals surface area contributed by atoms with Gasteiger partial charge < -0.3 is 9.47 Å². The molecular weight excluding hydrogens is 331 g/mol. The van der Waals surface area contributed by atoms with Crippen LogP contribution in [0.25, 0.3) is 6.08 Å². The summed E-state index contributed by atoms with van der Waals surface area (Å²) < 4.78 is 24.2. The number of ether oxygens (including phenoxy) is 2. The minimum atomic E-state index is -0.396. The third-order valence-electron chi connectivity index (χ3n) is 3.19. The van der Waals surface area contributed by atoms with Crippen LogP contribution in [-0.2, 0) is 16.1 Å². The van der Waals surface area contributed by atoms with Crippen molar-refractivity contribution < 1.29 is 18.7 Å². The molecule has 0 fully saturated rings. The zero-order valence-corrected chi connectivity index (χ0v) is 14.1. The summed E-state index contributed by atoms with van der Waals surface area (Å²) in [5, 5.41) is 0.333. The van der Waals surface area contributed by atoms with Gasteiger partial charge >= 0.3 is 5.97 Å². The molecule has 2 aromatic carbocycles. The highest BCUT2D eigenvalue weighted by Gasteiger charge is 2.07. The van der Waals surface area contributed by atoms with Gasteiger partial charge in [-0.15, -0.1) is 0 Å². The van der Waals surface area contributed by atoms with Crippen LogP contribution in [0.1, 0.15) is 24.5 Å². The molecule has 0 saturated heterocycles. The van der Waals surface area contributed by atoms with Gasteiger partial charge in [-0.25, -0.2) is 9.18 Å². The molecule has 0 aromatic heterocycles. The Kier molecular flexibility index (Phi) is 6.82. The van der Waals surface area contributed by atoms with Crippen LogP contribution in [0.5, 0.6) is 5.75 Å². The van der Waals surface area contributed by atoms with Crippen LogP contribution in [0.4, 0.5) is 4.39 Å². The number of halogens is 2. The van der Waals surface area contributed by atoms with Gasteiger partial charge in [-0.1, -0.05) is 36.7 Å². The molecule has 0 spiro atoms. The number of rotatable bonds is 7. The Labute approximate surface area is 145 Å². The van der Waals surface area contributed by atoms with E-state index in [-0.39, 0.29) is 12.6 Å². The Morgan fingerprint density at radius 2 is 1.96 bits per heavy atom. The third-order valence-corrected chi connectivity index (χ3v) is 3.54. The molecular formula is C19H18ClFO3. The summed E-state index contributed by atoms with van der Waals surface area (Å²) in [6.45, 7) is 2.39. The molecule has 0 amide bonds. The molecule has 126 valence electrons. The summed E-state index contributed by atoms with van der Waals surface area (Å²) in [4.78, 5) is 11.4. The molecule has 0 aliphatic rings. The highest BCUT2D eigenvalue weighted by molar-refractivity contribution is 6.31. The van der Waals surface area contributed by atoms with E-state index in [0.29, 0.717) is 22.9 Å². The number of benzene rings is 2. The molecule has 0 unspecified atom stereocenters. The lowest BCUT2D eigenvalue weighted by Crippen LogP contribution is -2.00. The van der Waals surface area contributed by atoms with E-state index in [4.69, 9.17) is 21.1 Å². The van der Waals surface area contributed by atoms with Crippen molar-refractivity contribution >= 4 is 23.6 Å². The first kappa shape index (κ1) is 18.0. The number of hydrogen-bond donors (Lipinski definition) is 0. The summed E-state index contributed by atoms with van der Waals surface area (Å²) in [6, 6.07) is 11.6. The molecule has 0 heterocycles. The van der Waals surface area contributed by atoms with Gasteiger partial charge in [-0.2, -0.15) is 0 Å². The van der Waals surface area contributed by atoms with E-state index in [1.807, 2.05) is 6.92 Å².